The summed E-state index contributed by atoms with van der Waals surface area (Å²) < 4.78 is 0. The number of rotatable bonds is 6. The Morgan fingerprint density at radius 1 is 0.909 bits per heavy atom. The molecule has 1 fully saturated rings. The number of aryl methyl sites for hydroxylation is 1. The number of benzene rings is 2. The maximum Gasteiger partial charge on any atom is 0.0547 e. The van der Waals surface area contributed by atoms with E-state index in [2.05, 4.69) is 78.2 Å². The molecule has 0 radical (unpaired) electrons. The second-order valence-corrected chi connectivity index (χ2v) is 7.33. The number of thioether (sulfide) groups is 1. The van der Waals surface area contributed by atoms with Crippen LogP contribution in [0.25, 0.3) is 0 Å². The predicted molar refractivity (Wildman–Crippen MR) is 97.6 cm³/mol. The van der Waals surface area contributed by atoms with Gasteiger partial charge in [0.1, 0.15) is 0 Å². The van der Waals surface area contributed by atoms with Gasteiger partial charge in [-0.1, -0.05) is 60.2 Å². The van der Waals surface area contributed by atoms with Crippen molar-refractivity contribution in [2.75, 3.05) is 25.4 Å². The lowest BCUT2D eigenvalue weighted by Gasteiger charge is -2.20. The molecule has 0 aliphatic carbocycles. The third-order valence-corrected chi connectivity index (χ3v) is 5.67. The summed E-state index contributed by atoms with van der Waals surface area (Å²) in [6.07, 6.45) is 2.76. The lowest BCUT2D eigenvalue weighted by molar-refractivity contribution is 0.362. The monoisotopic (exact) mass is 311 g/mol. The Labute approximate surface area is 138 Å². The fraction of sp³-hybridized carbons (Fsp3) is 0.400. The van der Waals surface area contributed by atoms with Crippen LogP contribution in [0.5, 0.6) is 0 Å². The van der Waals surface area contributed by atoms with Gasteiger partial charge >= 0.3 is 0 Å². The van der Waals surface area contributed by atoms with Crippen LogP contribution >= 0.6 is 11.8 Å². The zero-order valence-electron chi connectivity index (χ0n) is 13.4. The van der Waals surface area contributed by atoms with Crippen molar-refractivity contribution >= 4 is 11.8 Å². The van der Waals surface area contributed by atoms with E-state index in [9.17, 15) is 0 Å². The van der Waals surface area contributed by atoms with E-state index in [1.165, 1.54) is 54.9 Å². The van der Waals surface area contributed by atoms with Gasteiger partial charge in [0.25, 0.3) is 0 Å². The fourth-order valence-corrected chi connectivity index (χ4v) is 4.36. The van der Waals surface area contributed by atoms with Gasteiger partial charge in [-0.2, -0.15) is 0 Å². The zero-order valence-corrected chi connectivity index (χ0v) is 14.2. The number of likely N-dealkylation sites (tertiary alicyclic amines) is 1. The molecule has 0 N–H and O–H groups in total. The molecule has 1 heterocycles. The average Bonchev–Trinajstić information content (AvgIpc) is 3.07. The molecule has 0 bridgehead atoms. The molecule has 1 atom stereocenters. The summed E-state index contributed by atoms with van der Waals surface area (Å²) in [6, 6.07) is 19.9. The van der Waals surface area contributed by atoms with Crippen LogP contribution in [-0.2, 0) is 0 Å². The molecule has 116 valence electrons. The minimum Gasteiger partial charge on any atom is -0.303 e. The minimum atomic E-state index is 0.449. The van der Waals surface area contributed by atoms with Gasteiger partial charge in [0.05, 0.1) is 5.25 Å². The van der Waals surface area contributed by atoms with Crippen molar-refractivity contribution < 1.29 is 0 Å². The van der Waals surface area contributed by atoms with E-state index in [4.69, 9.17) is 0 Å². The standard InChI is InChI=1S/C20H25NS/c1-17-9-11-19(12-10-17)20(18-7-3-2-4-8-18)22-16-15-21-13-5-6-14-21/h2-4,7-12,20H,5-6,13-16H2,1H3/t20-/m0/s1. The lowest BCUT2D eigenvalue weighted by Crippen LogP contribution is -2.22. The van der Waals surface area contributed by atoms with E-state index >= 15 is 0 Å². The third-order valence-electron chi connectivity index (χ3n) is 4.37. The Morgan fingerprint density at radius 3 is 2.23 bits per heavy atom. The van der Waals surface area contributed by atoms with Crippen molar-refractivity contribution in [1.82, 2.24) is 4.90 Å². The average molecular weight is 311 g/mol. The van der Waals surface area contributed by atoms with E-state index in [1.807, 2.05) is 0 Å². The first-order valence-electron chi connectivity index (χ1n) is 8.28. The van der Waals surface area contributed by atoms with Crippen LogP contribution in [0.15, 0.2) is 54.6 Å². The van der Waals surface area contributed by atoms with Crippen molar-refractivity contribution in [3.05, 3.63) is 71.3 Å². The summed E-state index contributed by atoms with van der Waals surface area (Å²) in [4.78, 5) is 2.60. The lowest BCUT2D eigenvalue weighted by atomic mass is 10.0. The van der Waals surface area contributed by atoms with Gasteiger partial charge in [-0.25, -0.2) is 0 Å². The molecule has 22 heavy (non-hydrogen) atoms. The van der Waals surface area contributed by atoms with Crippen molar-refractivity contribution in [1.29, 1.82) is 0 Å². The smallest absolute Gasteiger partial charge is 0.0547 e. The second kappa shape index (κ2) is 7.85. The third kappa shape index (κ3) is 4.15. The van der Waals surface area contributed by atoms with Gasteiger partial charge in [0, 0.05) is 12.3 Å². The van der Waals surface area contributed by atoms with Gasteiger partial charge < -0.3 is 4.90 Å². The topological polar surface area (TPSA) is 3.24 Å². The highest BCUT2D eigenvalue weighted by molar-refractivity contribution is 7.99. The molecule has 3 rings (SSSR count). The van der Waals surface area contributed by atoms with Crippen LogP contribution in [0, 0.1) is 6.92 Å². The Hall–Kier alpha value is -1.25. The van der Waals surface area contributed by atoms with Crippen molar-refractivity contribution in [2.24, 2.45) is 0 Å². The molecule has 0 spiro atoms. The summed E-state index contributed by atoms with van der Waals surface area (Å²) in [5.74, 6) is 1.20. The molecule has 1 aliphatic heterocycles. The number of nitrogens with zero attached hydrogens (tertiary/aromatic N) is 1. The van der Waals surface area contributed by atoms with Gasteiger partial charge in [0.15, 0.2) is 0 Å². The van der Waals surface area contributed by atoms with Crippen LogP contribution in [0.4, 0.5) is 0 Å². The largest absolute Gasteiger partial charge is 0.303 e. The molecule has 1 nitrogen and oxygen atoms in total. The van der Waals surface area contributed by atoms with Crippen molar-refractivity contribution in [2.45, 2.75) is 25.0 Å². The summed E-state index contributed by atoms with van der Waals surface area (Å²) in [5, 5.41) is 0.449. The molecule has 0 amide bonds. The molecular formula is C20H25NS. The Balaban J connectivity index is 1.70. The summed E-state index contributed by atoms with van der Waals surface area (Å²) in [7, 11) is 0. The molecule has 0 unspecified atom stereocenters. The first kappa shape index (κ1) is 15.6. The van der Waals surface area contributed by atoms with Crippen LogP contribution in [0.1, 0.15) is 34.8 Å². The fourth-order valence-electron chi connectivity index (χ4n) is 3.06. The van der Waals surface area contributed by atoms with E-state index < -0.39 is 0 Å². The zero-order chi connectivity index (χ0) is 15.2. The SMILES string of the molecule is Cc1ccc([C@@H](SCCN2CCCC2)c2ccccc2)cc1. The first-order valence-corrected chi connectivity index (χ1v) is 9.33. The molecule has 2 aromatic rings. The van der Waals surface area contributed by atoms with Gasteiger partial charge in [-0.3, -0.25) is 0 Å². The first-order chi connectivity index (χ1) is 10.8. The molecule has 2 heteroatoms. The van der Waals surface area contributed by atoms with Crippen molar-refractivity contribution in [3.8, 4) is 0 Å². The van der Waals surface area contributed by atoms with E-state index in [-0.39, 0.29) is 0 Å². The maximum absolute atomic E-state index is 2.60. The normalized spacial score (nSPS) is 16.8. The quantitative estimate of drug-likeness (QED) is 0.745. The highest BCUT2D eigenvalue weighted by atomic mass is 32.2. The van der Waals surface area contributed by atoms with E-state index in [0.29, 0.717) is 5.25 Å². The van der Waals surface area contributed by atoms with Gasteiger partial charge in [-0.05, 0) is 44.0 Å². The molecule has 1 aliphatic rings. The van der Waals surface area contributed by atoms with Gasteiger partial charge in [-0.15, -0.1) is 11.8 Å². The Kier molecular flexibility index (Phi) is 5.58. The highest BCUT2D eigenvalue weighted by Gasteiger charge is 2.16. The van der Waals surface area contributed by atoms with E-state index in [0.717, 1.165) is 0 Å². The van der Waals surface area contributed by atoms with Gasteiger partial charge in [0.2, 0.25) is 0 Å². The molecule has 1 saturated heterocycles. The molecule has 0 aromatic heterocycles. The number of hydrogen-bond donors (Lipinski definition) is 0. The number of hydrogen-bond acceptors (Lipinski definition) is 2. The van der Waals surface area contributed by atoms with Crippen LogP contribution in [0.2, 0.25) is 0 Å². The van der Waals surface area contributed by atoms with Crippen LogP contribution < -0.4 is 0 Å². The Morgan fingerprint density at radius 2 is 1.55 bits per heavy atom. The maximum atomic E-state index is 2.60. The molecule has 0 saturated carbocycles. The van der Waals surface area contributed by atoms with E-state index in [1.54, 1.807) is 0 Å². The molecular weight excluding hydrogens is 286 g/mol. The summed E-state index contributed by atoms with van der Waals surface area (Å²) in [6.45, 7) is 5.96. The van der Waals surface area contributed by atoms with Crippen molar-refractivity contribution in [3.63, 3.8) is 0 Å². The Bertz CT molecular complexity index is 558. The van der Waals surface area contributed by atoms with Crippen LogP contribution in [-0.4, -0.2) is 30.3 Å². The predicted octanol–water partition coefficient (Wildman–Crippen LogP) is 4.91. The highest BCUT2D eigenvalue weighted by Crippen LogP contribution is 2.35. The van der Waals surface area contributed by atoms with Crippen LogP contribution in [0.3, 0.4) is 0 Å². The summed E-state index contributed by atoms with van der Waals surface area (Å²) >= 11 is 2.08. The summed E-state index contributed by atoms with van der Waals surface area (Å²) in [5.41, 5.74) is 4.17. The second-order valence-electron chi connectivity index (χ2n) is 6.12. The molecule has 2 aromatic carbocycles. The minimum absolute atomic E-state index is 0.449.